The summed E-state index contributed by atoms with van der Waals surface area (Å²) in [5.41, 5.74) is 2.57. The molecular weight excluding hydrogens is 400 g/mol. The normalized spacial score (nSPS) is 15.5. The van der Waals surface area contributed by atoms with Gasteiger partial charge in [0.1, 0.15) is 0 Å². The number of hydrogen-bond donors (Lipinski definition) is 1. The van der Waals surface area contributed by atoms with Gasteiger partial charge in [-0.25, -0.2) is 4.79 Å². The van der Waals surface area contributed by atoms with E-state index in [-0.39, 0.29) is 25.5 Å². The lowest BCUT2D eigenvalue weighted by Crippen LogP contribution is -2.28. The molecule has 0 aromatic heterocycles. The van der Waals surface area contributed by atoms with Gasteiger partial charge in [0.15, 0.2) is 6.61 Å². The SMILES string of the molecule is CCOC(=O)c1ccc(N2C[C@H](C(=O)OCC(=O)Nc3cccc(C)c3)CC2=O)cc1. The molecule has 0 saturated carbocycles. The van der Waals surface area contributed by atoms with Crippen LogP contribution in [0.4, 0.5) is 11.4 Å². The number of benzene rings is 2. The molecule has 1 aliphatic rings. The second kappa shape index (κ2) is 9.88. The van der Waals surface area contributed by atoms with Crippen LogP contribution in [0.25, 0.3) is 0 Å². The predicted octanol–water partition coefficient (Wildman–Crippen LogP) is 2.71. The number of carbonyl (C=O) groups is 4. The van der Waals surface area contributed by atoms with Crippen LogP contribution in [0.15, 0.2) is 48.5 Å². The highest BCUT2D eigenvalue weighted by atomic mass is 16.5. The van der Waals surface area contributed by atoms with Crippen LogP contribution >= 0.6 is 0 Å². The van der Waals surface area contributed by atoms with Crippen molar-refractivity contribution in [3.63, 3.8) is 0 Å². The number of rotatable bonds is 7. The summed E-state index contributed by atoms with van der Waals surface area (Å²) in [7, 11) is 0. The van der Waals surface area contributed by atoms with E-state index in [0.29, 0.717) is 16.9 Å². The van der Waals surface area contributed by atoms with Gasteiger partial charge >= 0.3 is 11.9 Å². The second-order valence-corrected chi connectivity index (χ2v) is 7.20. The quantitative estimate of drug-likeness (QED) is 0.686. The molecule has 162 valence electrons. The fourth-order valence-corrected chi connectivity index (χ4v) is 3.28. The highest BCUT2D eigenvalue weighted by Gasteiger charge is 2.36. The fraction of sp³-hybridized carbons (Fsp3) is 0.304. The molecule has 0 spiro atoms. The van der Waals surface area contributed by atoms with Crippen LogP contribution in [0.3, 0.4) is 0 Å². The number of hydrogen-bond acceptors (Lipinski definition) is 6. The molecule has 3 rings (SSSR count). The molecule has 1 atom stereocenters. The van der Waals surface area contributed by atoms with Gasteiger partial charge in [-0.15, -0.1) is 0 Å². The van der Waals surface area contributed by atoms with Crippen molar-refractivity contribution >= 4 is 35.1 Å². The Labute approximate surface area is 180 Å². The number of ether oxygens (including phenoxy) is 2. The van der Waals surface area contributed by atoms with Crippen LogP contribution in [0.5, 0.6) is 0 Å². The van der Waals surface area contributed by atoms with Gasteiger partial charge in [-0.3, -0.25) is 14.4 Å². The van der Waals surface area contributed by atoms with Crippen LogP contribution in [0.2, 0.25) is 0 Å². The molecule has 1 N–H and O–H groups in total. The molecule has 1 aliphatic heterocycles. The van der Waals surface area contributed by atoms with Crippen molar-refractivity contribution < 1.29 is 28.7 Å². The smallest absolute Gasteiger partial charge is 0.338 e. The van der Waals surface area contributed by atoms with Crippen molar-refractivity contribution in [1.82, 2.24) is 0 Å². The Hall–Kier alpha value is -3.68. The molecule has 31 heavy (non-hydrogen) atoms. The van der Waals surface area contributed by atoms with Gasteiger partial charge in [0, 0.05) is 24.3 Å². The second-order valence-electron chi connectivity index (χ2n) is 7.20. The molecule has 1 heterocycles. The maximum absolute atomic E-state index is 12.4. The maximum atomic E-state index is 12.4. The first kappa shape index (κ1) is 22.0. The van der Waals surface area contributed by atoms with E-state index in [1.807, 2.05) is 19.1 Å². The molecule has 2 amide bonds. The van der Waals surface area contributed by atoms with Crippen LogP contribution in [-0.4, -0.2) is 43.5 Å². The average molecular weight is 424 g/mol. The molecule has 1 fully saturated rings. The third-order valence-corrected chi connectivity index (χ3v) is 4.80. The maximum Gasteiger partial charge on any atom is 0.338 e. The topological polar surface area (TPSA) is 102 Å². The molecule has 8 heteroatoms. The van der Waals surface area contributed by atoms with E-state index in [1.165, 1.54) is 4.90 Å². The zero-order valence-electron chi connectivity index (χ0n) is 17.4. The Bertz CT molecular complexity index is 986. The van der Waals surface area contributed by atoms with Gasteiger partial charge in [-0.05, 0) is 55.8 Å². The fourth-order valence-electron chi connectivity index (χ4n) is 3.28. The van der Waals surface area contributed by atoms with Crippen molar-refractivity contribution in [3.8, 4) is 0 Å². The summed E-state index contributed by atoms with van der Waals surface area (Å²) in [4.78, 5) is 50.0. The standard InChI is InChI=1S/C23H24N2O6/c1-3-30-22(28)16-7-9-19(10-8-16)25-13-17(12-21(25)27)23(29)31-14-20(26)24-18-6-4-5-15(2)11-18/h4-11,17H,3,12-14H2,1-2H3,(H,24,26)/t17-/m1/s1. The van der Waals surface area contributed by atoms with Gasteiger partial charge in [0.2, 0.25) is 5.91 Å². The summed E-state index contributed by atoms with van der Waals surface area (Å²) < 4.78 is 10.0. The number of aryl methyl sites for hydroxylation is 1. The van der Waals surface area contributed by atoms with Gasteiger partial charge < -0.3 is 19.7 Å². The molecule has 1 saturated heterocycles. The van der Waals surface area contributed by atoms with Crippen LogP contribution in [-0.2, 0) is 23.9 Å². The van der Waals surface area contributed by atoms with Crippen LogP contribution in [0, 0.1) is 12.8 Å². The lowest BCUT2D eigenvalue weighted by atomic mass is 10.1. The van der Waals surface area contributed by atoms with E-state index < -0.39 is 30.4 Å². The summed E-state index contributed by atoms with van der Waals surface area (Å²) in [6.07, 6.45) is -0.00202. The summed E-state index contributed by atoms with van der Waals surface area (Å²) in [5.74, 6) is -2.38. The number of nitrogens with zero attached hydrogens (tertiary/aromatic N) is 1. The Kier molecular flexibility index (Phi) is 7.02. The summed E-state index contributed by atoms with van der Waals surface area (Å²) in [5, 5.41) is 2.66. The number of anilines is 2. The Morgan fingerprint density at radius 2 is 1.84 bits per heavy atom. The molecular formula is C23H24N2O6. The zero-order chi connectivity index (χ0) is 22.4. The number of esters is 2. The Balaban J connectivity index is 1.52. The van der Waals surface area contributed by atoms with E-state index in [1.54, 1.807) is 43.3 Å². The zero-order valence-corrected chi connectivity index (χ0v) is 17.4. The van der Waals surface area contributed by atoms with Crippen molar-refractivity contribution in [2.24, 2.45) is 5.92 Å². The van der Waals surface area contributed by atoms with E-state index in [9.17, 15) is 19.2 Å². The van der Waals surface area contributed by atoms with Gasteiger partial charge in [-0.1, -0.05) is 12.1 Å². The molecule has 0 unspecified atom stereocenters. The minimum absolute atomic E-state index is 0.00202. The molecule has 0 aliphatic carbocycles. The number of carbonyl (C=O) groups excluding carboxylic acids is 4. The van der Waals surface area contributed by atoms with E-state index in [2.05, 4.69) is 5.32 Å². The van der Waals surface area contributed by atoms with E-state index in [0.717, 1.165) is 5.56 Å². The van der Waals surface area contributed by atoms with Gasteiger partial charge in [0.25, 0.3) is 5.91 Å². The van der Waals surface area contributed by atoms with E-state index >= 15 is 0 Å². The Morgan fingerprint density at radius 3 is 2.52 bits per heavy atom. The minimum Gasteiger partial charge on any atom is -0.462 e. The highest BCUT2D eigenvalue weighted by molar-refractivity contribution is 6.00. The molecule has 8 nitrogen and oxygen atoms in total. The largest absolute Gasteiger partial charge is 0.462 e. The summed E-state index contributed by atoms with van der Waals surface area (Å²) in [6.45, 7) is 3.63. The molecule has 2 aromatic rings. The lowest BCUT2D eigenvalue weighted by Gasteiger charge is -2.17. The Morgan fingerprint density at radius 1 is 1.10 bits per heavy atom. The molecule has 2 aromatic carbocycles. The summed E-state index contributed by atoms with van der Waals surface area (Å²) in [6, 6.07) is 13.7. The van der Waals surface area contributed by atoms with Crippen LogP contribution < -0.4 is 10.2 Å². The first-order valence-corrected chi connectivity index (χ1v) is 9.98. The minimum atomic E-state index is -0.663. The summed E-state index contributed by atoms with van der Waals surface area (Å²) >= 11 is 0. The molecule has 0 bridgehead atoms. The third-order valence-electron chi connectivity index (χ3n) is 4.80. The third kappa shape index (κ3) is 5.69. The monoisotopic (exact) mass is 424 g/mol. The van der Waals surface area contributed by atoms with E-state index in [4.69, 9.17) is 9.47 Å². The predicted molar refractivity (Wildman–Crippen MR) is 114 cm³/mol. The van der Waals surface area contributed by atoms with Gasteiger partial charge in [0.05, 0.1) is 18.1 Å². The first-order valence-electron chi connectivity index (χ1n) is 9.98. The van der Waals surface area contributed by atoms with Gasteiger partial charge in [-0.2, -0.15) is 0 Å². The van der Waals surface area contributed by atoms with Crippen molar-refractivity contribution in [2.75, 3.05) is 30.0 Å². The lowest BCUT2D eigenvalue weighted by molar-refractivity contribution is -0.151. The van der Waals surface area contributed by atoms with Crippen molar-refractivity contribution in [1.29, 1.82) is 0 Å². The molecule has 0 radical (unpaired) electrons. The average Bonchev–Trinajstić information content (AvgIpc) is 3.14. The van der Waals surface area contributed by atoms with Crippen molar-refractivity contribution in [2.45, 2.75) is 20.3 Å². The number of amides is 2. The van der Waals surface area contributed by atoms with Crippen LogP contribution in [0.1, 0.15) is 29.3 Å². The van der Waals surface area contributed by atoms with Crippen molar-refractivity contribution in [3.05, 3.63) is 59.7 Å². The first-order chi connectivity index (χ1) is 14.9. The number of nitrogens with one attached hydrogen (secondary N) is 1. The highest BCUT2D eigenvalue weighted by Crippen LogP contribution is 2.26.